The molecule has 0 atom stereocenters. The summed E-state index contributed by atoms with van der Waals surface area (Å²) < 4.78 is 1.59. The molecule has 0 bridgehead atoms. The van der Waals surface area contributed by atoms with Crippen molar-refractivity contribution >= 4 is 29.0 Å². The Balaban J connectivity index is 2.44. The first-order chi connectivity index (χ1) is 8.13. The molecular formula is C11H9Cl2N3O. The molecule has 0 saturated carbocycles. The highest BCUT2D eigenvalue weighted by Gasteiger charge is 2.18. The fourth-order valence-electron chi connectivity index (χ4n) is 1.48. The number of hydrogen-bond acceptors (Lipinski definition) is 3. The lowest BCUT2D eigenvalue weighted by Gasteiger charge is -2.04. The zero-order chi connectivity index (χ0) is 12.4. The van der Waals surface area contributed by atoms with Gasteiger partial charge >= 0.3 is 0 Å². The van der Waals surface area contributed by atoms with E-state index in [9.17, 15) is 4.79 Å². The molecule has 0 aliphatic carbocycles. The van der Waals surface area contributed by atoms with Gasteiger partial charge in [-0.15, -0.1) is 0 Å². The monoisotopic (exact) mass is 269 g/mol. The normalized spacial score (nSPS) is 10.5. The van der Waals surface area contributed by atoms with Gasteiger partial charge in [-0.3, -0.25) is 9.48 Å². The van der Waals surface area contributed by atoms with E-state index >= 15 is 0 Å². The van der Waals surface area contributed by atoms with Crippen LogP contribution in [0.15, 0.2) is 24.5 Å². The molecule has 2 aromatic rings. The molecule has 0 amide bonds. The average molecular weight is 270 g/mol. The highest BCUT2D eigenvalue weighted by atomic mass is 35.5. The molecule has 6 heteroatoms. The van der Waals surface area contributed by atoms with Gasteiger partial charge in [0, 0.05) is 18.9 Å². The fourth-order valence-corrected chi connectivity index (χ4v) is 1.95. The Bertz CT molecular complexity index is 566. The summed E-state index contributed by atoms with van der Waals surface area (Å²) in [6, 6.07) is 3.13. The first-order valence-corrected chi connectivity index (χ1v) is 5.76. The Labute approximate surface area is 108 Å². The number of pyridine rings is 1. The fraction of sp³-hybridized carbons (Fsp3) is 0.182. The minimum Gasteiger partial charge on any atom is -0.285 e. The van der Waals surface area contributed by atoms with Crippen molar-refractivity contribution in [2.75, 3.05) is 0 Å². The molecule has 0 aliphatic rings. The molecule has 0 unspecified atom stereocenters. The molecule has 88 valence electrons. The Morgan fingerprint density at radius 1 is 1.47 bits per heavy atom. The second-order valence-electron chi connectivity index (χ2n) is 3.35. The zero-order valence-electron chi connectivity index (χ0n) is 9.02. The third-order valence-corrected chi connectivity index (χ3v) is 2.77. The summed E-state index contributed by atoms with van der Waals surface area (Å²) in [5.41, 5.74) is 0.649. The molecule has 4 nitrogen and oxygen atoms in total. The average Bonchev–Trinajstić information content (AvgIpc) is 2.76. The molecule has 0 N–H and O–H groups in total. The van der Waals surface area contributed by atoms with Crippen molar-refractivity contribution in [2.45, 2.75) is 13.5 Å². The lowest BCUT2D eigenvalue weighted by Crippen LogP contribution is -2.12. The summed E-state index contributed by atoms with van der Waals surface area (Å²) in [6.45, 7) is 2.51. The van der Waals surface area contributed by atoms with Crippen molar-refractivity contribution in [3.05, 3.63) is 46.0 Å². The van der Waals surface area contributed by atoms with E-state index in [2.05, 4.69) is 10.1 Å². The molecule has 0 saturated heterocycles. The maximum atomic E-state index is 12.2. The predicted molar refractivity (Wildman–Crippen MR) is 65.6 cm³/mol. The molecule has 2 aromatic heterocycles. The van der Waals surface area contributed by atoms with E-state index in [-0.39, 0.29) is 16.5 Å². The molecule has 0 aliphatic heterocycles. The largest absolute Gasteiger partial charge is 0.285 e. The van der Waals surface area contributed by atoms with Crippen molar-refractivity contribution in [3.63, 3.8) is 0 Å². The van der Waals surface area contributed by atoms with E-state index in [1.54, 1.807) is 16.9 Å². The number of ketones is 1. The van der Waals surface area contributed by atoms with E-state index in [0.717, 1.165) is 0 Å². The van der Waals surface area contributed by atoms with Crippen molar-refractivity contribution in [1.82, 2.24) is 14.8 Å². The second-order valence-corrected chi connectivity index (χ2v) is 4.19. The highest BCUT2D eigenvalue weighted by Crippen LogP contribution is 2.20. The molecule has 0 spiro atoms. The van der Waals surface area contributed by atoms with Crippen LogP contribution >= 0.6 is 23.2 Å². The number of nitrogens with zero attached hydrogens (tertiary/aromatic N) is 3. The van der Waals surface area contributed by atoms with E-state index in [1.165, 1.54) is 12.3 Å². The predicted octanol–water partition coefficient (Wildman–Crippen LogP) is 2.84. The molecule has 17 heavy (non-hydrogen) atoms. The van der Waals surface area contributed by atoms with Gasteiger partial charge in [0.25, 0.3) is 0 Å². The van der Waals surface area contributed by atoms with Gasteiger partial charge < -0.3 is 0 Å². The quantitative estimate of drug-likeness (QED) is 0.806. The van der Waals surface area contributed by atoms with Crippen LogP contribution in [-0.2, 0) is 6.54 Å². The molecule has 2 rings (SSSR count). The lowest BCUT2D eigenvalue weighted by atomic mass is 10.2. The van der Waals surface area contributed by atoms with Crippen molar-refractivity contribution in [2.24, 2.45) is 0 Å². The minimum absolute atomic E-state index is 0.186. The zero-order valence-corrected chi connectivity index (χ0v) is 10.5. The summed E-state index contributed by atoms with van der Waals surface area (Å²) in [7, 11) is 0. The molecule has 0 fully saturated rings. The Kier molecular flexibility index (Phi) is 3.45. The summed E-state index contributed by atoms with van der Waals surface area (Å²) in [5, 5.41) is 4.67. The number of aryl methyl sites for hydroxylation is 1. The first-order valence-electron chi connectivity index (χ1n) is 5.01. The van der Waals surface area contributed by atoms with Gasteiger partial charge in [-0.2, -0.15) is 5.10 Å². The van der Waals surface area contributed by atoms with Crippen molar-refractivity contribution in [3.8, 4) is 0 Å². The summed E-state index contributed by atoms with van der Waals surface area (Å²) in [4.78, 5) is 16.1. The first kappa shape index (κ1) is 12.1. The number of carbonyl (C=O) groups excluding carboxylic acids is 1. The van der Waals surface area contributed by atoms with E-state index < -0.39 is 0 Å². The molecule has 0 radical (unpaired) electrons. The van der Waals surface area contributed by atoms with Crippen LogP contribution < -0.4 is 0 Å². The van der Waals surface area contributed by atoms with Crippen LogP contribution in [0.4, 0.5) is 0 Å². The van der Waals surface area contributed by atoms with Crippen molar-refractivity contribution < 1.29 is 4.79 Å². The van der Waals surface area contributed by atoms with Crippen LogP contribution in [0.1, 0.15) is 23.1 Å². The maximum Gasteiger partial charge on any atom is 0.230 e. The van der Waals surface area contributed by atoms with Gasteiger partial charge in [-0.05, 0) is 19.1 Å². The number of rotatable bonds is 3. The standard InChI is InChI=1S/C11H9Cl2N3O/c1-2-16-9(3-4-15-16)11(17)10-8(13)5-7(12)6-14-10/h3-6H,2H2,1H3. The number of carbonyl (C=O) groups is 1. The third-order valence-electron chi connectivity index (χ3n) is 2.27. The Morgan fingerprint density at radius 3 is 2.88 bits per heavy atom. The summed E-state index contributed by atoms with van der Waals surface area (Å²) in [5.74, 6) is -0.258. The van der Waals surface area contributed by atoms with Crippen LogP contribution in [0.5, 0.6) is 0 Å². The van der Waals surface area contributed by atoms with Gasteiger partial charge in [0.1, 0.15) is 11.4 Å². The van der Waals surface area contributed by atoms with Crippen LogP contribution in [-0.4, -0.2) is 20.5 Å². The molecular weight excluding hydrogens is 261 g/mol. The SMILES string of the molecule is CCn1nccc1C(=O)c1ncc(Cl)cc1Cl. The van der Waals surface area contributed by atoms with Crippen molar-refractivity contribution in [1.29, 1.82) is 0 Å². The highest BCUT2D eigenvalue weighted by molar-refractivity contribution is 6.37. The van der Waals surface area contributed by atoms with E-state index in [0.29, 0.717) is 17.3 Å². The van der Waals surface area contributed by atoms with Crippen LogP contribution in [0.2, 0.25) is 10.0 Å². The second kappa shape index (κ2) is 4.85. The Morgan fingerprint density at radius 2 is 2.24 bits per heavy atom. The third kappa shape index (κ3) is 2.33. The van der Waals surface area contributed by atoms with E-state index in [1.807, 2.05) is 6.92 Å². The topological polar surface area (TPSA) is 47.8 Å². The van der Waals surface area contributed by atoms with Crippen LogP contribution in [0, 0.1) is 0 Å². The summed E-state index contributed by atoms with van der Waals surface area (Å²) >= 11 is 11.7. The summed E-state index contributed by atoms with van der Waals surface area (Å²) in [6.07, 6.45) is 2.97. The van der Waals surface area contributed by atoms with E-state index in [4.69, 9.17) is 23.2 Å². The number of aromatic nitrogens is 3. The van der Waals surface area contributed by atoms with Crippen LogP contribution in [0.25, 0.3) is 0 Å². The smallest absolute Gasteiger partial charge is 0.230 e. The van der Waals surface area contributed by atoms with Gasteiger partial charge in [-0.25, -0.2) is 4.98 Å². The maximum absolute atomic E-state index is 12.2. The number of hydrogen-bond donors (Lipinski definition) is 0. The van der Waals surface area contributed by atoms with Gasteiger partial charge in [0.05, 0.1) is 10.0 Å². The number of halogens is 2. The minimum atomic E-state index is -0.258. The lowest BCUT2D eigenvalue weighted by molar-refractivity contribution is 0.102. The van der Waals surface area contributed by atoms with Gasteiger partial charge in [-0.1, -0.05) is 23.2 Å². The molecule has 2 heterocycles. The van der Waals surface area contributed by atoms with Crippen LogP contribution in [0.3, 0.4) is 0 Å². The van der Waals surface area contributed by atoms with Gasteiger partial charge in [0.15, 0.2) is 0 Å². The molecule has 0 aromatic carbocycles. The Hall–Kier alpha value is -1.39. The van der Waals surface area contributed by atoms with Gasteiger partial charge in [0.2, 0.25) is 5.78 Å².